The average Bonchev–Trinajstić information content (AvgIpc) is 2.17. The summed E-state index contributed by atoms with van der Waals surface area (Å²) in [4.78, 5) is 11.5. The van der Waals surface area contributed by atoms with Crippen LogP contribution in [0.3, 0.4) is 0 Å². The second-order valence-corrected chi connectivity index (χ2v) is 4.58. The first-order chi connectivity index (χ1) is 7.13. The quantitative estimate of drug-likeness (QED) is 0.633. The third-order valence-electron chi connectivity index (χ3n) is 3.00. The number of carbonyl (C=O) groups is 1. The highest BCUT2D eigenvalue weighted by Gasteiger charge is 2.25. The van der Waals surface area contributed by atoms with Crippen LogP contribution in [0.15, 0.2) is 0 Å². The summed E-state index contributed by atoms with van der Waals surface area (Å²) in [5, 5.41) is 12.2. The molecule has 0 aromatic heterocycles. The Kier molecular flexibility index (Phi) is 5.05. The summed E-state index contributed by atoms with van der Waals surface area (Å²) in [5.41, 5.74) is 5.56. The maximum absolute atomic E-state index is 11.5. The van der Waals surface area contributed by atoms with Crippen LogP contribution in [0.25, 0.3) is 0 Å². The summed E-state index contributed by atoms with van der Waals surface area (Å²) in [6.07, 6.45) is 4.66. The van der Waals surface area contributed by atoms with E-state index in [2.05, 4.69) is 5.32 Å². The molecule has 88 valence electrons. The van der Waals surface area contributed by atoms with Gasteiger partial charge in [-0.1, -0.05) is 12.8 Å². The average molecular weight is 214 g/mol. The molecule has 4 N–H and O–H groups in total. The van der Waals surface area contributed by atoms with E-state index in [4.69, 9.17) is 5.73 Å². The third kappa shape index (κ3) is 4.18. The van der Waals surface area contributed by atoms with Gasteiger partial charge in [0.2, 0.25) is 5.91 Å². The molecule has 1 fully saturated rings. The summed E-state index contributed by atoms with van der Waals surface area (Å²) in [7, 11) is 0. The lowest BCUT2D eigenvalue weighted by atomic mass is 9.85. The van der Waals surface area contributed by atoms with E-state index in [1.165, 1.54) is 0 Å². The number of nitrogens with one attached hydrogen (secondary N) is 1. The van der Waals surface area contributed by atoms with Crippen LogP contribution >= 0.6 is 0 Å². The second kappa shape index (κ2) is 6.08. The maximum Gasteiger partial charge on any atom is 0.221 e. The van der Waals surface area contributed by atoms with Gasteiger partial charge in [-0.2, -0.15) is 0 Å². The second-order valence-electron chi connectivity index (χ2n) is 4.58. The highest BCUT2D eigenvalue weighted by molar-refractivity contribution is 5.76. The topological polar surface area (TPSA) is 75.4 Å². The van der Waals surface area contributed by atoms with Gasteiger partial charge in [0.1, 0.15) is 0 Å². The fourth-order valence-electron chi connectivity index (χ4n) is 2.17. The lowest BCUT2D eigenvalue weighted by Gasteiger charge is -2.31. The Morgan fingerprint density at radius 1 is 1.53 bits per heavy atom. The molecule has 0 aromatic carbocycles. The van der Waals surface area contributed by atoms with Crippen molar-refractivity contribution in [1.82, 2.24) is 5.32 Å². The van der Waals surface area contributed by atoms with Gasteiger partial charge >= 0.3 is 0 Å². The zero-order valence-electron chi connectivity index (χ0n) is 9.41. The molecule has 1 aliphatic rings. The number of hydrogen-bond donors (Lipinski definition) is 3. The summed E-state index contributed by atoms with van der Waals surface area (Å²) >= 11 is 0. The molecule has 0 radical (unpaired) electrons. The minimum atomic E-state index is -0.0961. The normalized spacial score (nSPS) is 28.5. The molecular formula is C11H22N2O2. The van der Waals surface area contributed by atoms with Crippen LogP contribution in [0, 0.1) is 5.92 Å². The standard InChI is InChI=1S/C11H22N2O2/c1-8(12)6-11(15)13-10-5-3-2-4-9(10)7-14/h8-10,14H,2-7,12H2,1H3,(H,13,15). The van der Waals surface area contributed by atoms with Crippen LogP contribution in [0.5, 0.6) is 0 Å². The Labute approximate surface area is 91.2 Å². The lowest BCUT2D eigenvalue weighted by molar-refractivity contribution is -0.122. The minimum Gasteiger partial charge on any atom is -0.396 e. The zero-order chi connectivity index (χ0) is 11.3. The number of rotatable bonds is 4. The summed E-state index contributed by atoms with van der Waals surface area (Å²) in [6, 6.07) is 0.0520. The molecule has 0 saturated heterocycles. The fourth-order valence-corrected chi connectivity index (χ4v) is 2.17. The molecule has 4 heteroatoms. The van der Waals surface area contributed by atoms with Gasteiger partial charge in [0.25, 0.3) is 0 Å². The Hall–Kier alpha value is -0.610. The molecule has 3 atom stereocenters. The van der Waals surface area contributed by atoms with Crippen LogP contribution in [0.1, 0.15) is 39.0 Å². The SMILES string of the molecule is CC(N)CC(=O)NC1CCCCC1CO. The predicted molar refractivity (Wildman–Crippen MR) is 59.2 cm³/mol. The van der Waals surface area contributed by atoms with Gasteiger partial charge in [-0.3, -0.25) is 4.79 Å². The van der Waals surface area contributed by atoms with Crippen LogP contribution in [-0.4, -0.2) is 29.7 Å². The largest absolute Gasteiger partial charge is 0.396 e. The molecule has 0 bridgehead atoms. The first-order valence-corrected chi connectivity index (χ1v) is 5.79. The minimum absolute atomic E-state index is 0.00958. The van der Waals surface area contributed by atoms with Crippen molar-refractivity contribution >= 4 is 5.91 Å². The highest BCUT2D eigenvalue weighted by atomic mass is 16.3. The summed E-state index contributed by atoms with van der Waals surface area (Å²) in [5.74, 6) is 0.242. The van der Waals surface area contributed by atoms with E-state index < -0.39 is 0 Å². The molecule has 4 nitrogen and oxygen atoms in total. The van der Waals surface area contributed by atoms with Crippen molar-refractivity contribution in [2.24, 2.45) is 11.7 Å². The van der Waals surface area contributed by atoms with Crippen LogP contribution < -0.4 is 11.1 Å². The van der Waals surface area contributed by atoms with E-state index in [1.54, 1.807) is 0 Å². The van der Waals surface area contributed by atoms with Crippen molar-refractivity contribution in [2.45, 2.75) is 51.1 Å². The highest BCUT2D eigenvalue weighted by Crippen LogP contribution is 2.23. The molecular weight excluding hydrogens is 192 g/mol. The number of amides is 1. The van der Waals surface area contributed by atoms with E-state index >= 15 is 0 Å². The first kappa shape index (κ1) is 12.5. The molecule has 0 heterocycles. The third-order valence-corrected chi connectivity index (χ3v) is 3.00. The van der Waals surface area contributed by atoms with Gasteiger partial charge in [0.05, 0.1) is 0 Å². The molecule has 0 aromatic rings. The molecule has 1 aliphatic carbocycles. The molecule has 0 aliphatic heterocycles. The Morgan fingerprint density at radius 2 is 2.20 bits per heavy atom. The molecule has 1 amide bonds. The number of aliphatic hydroxyl groups excluding tert-OH is 1. The van der Waals surface area contributed by atoms with Gasteiger partial charge in [-0.15, -0.1) is 0 Å². The van der Waals surface area contributed by atoms with Crippen molar-refractivity contribution < 1.29 is 9.90 Å². The Morgan fingerprint density at radius 3 is 2.80 bits per heavy atom. The van der Waals surface area contributed by atoms with E-state index in [0.29, 0.717) is 6.42 Å². The first-order valence-electron chi connectivity index (χ1n) is 5.79. The van der Waals surface area contributed by atoms with Gasteiger partial charge in [0, 0.05) is 31.0 Å². The molecule has 15 heavy (non-hydrogen) atoms. The van der Waals surface area contributed by atoms with Crippen molar-refractivity contribution in [1.29, 1.82) is 0 Å². The molecule has 0 spiro atoms. The van der Waals surface area contributed by atoms with Crippen molar-refractivity contribution in [3.05, 3.63) is 0 Å². The van der Waals surface area contributed by atoms with Crippen LogP contribution in [0.4, 0.5) is 0 Å². The number of aliphatic hydroxyl groups is 1. The van der Waals surface area contributed by atoms with Gasteiger partial charge < -0.3 is 16.2 Å². The van der Waals surface area contributed by atoms with E-state index in [1.807, 2.05) is 6.92 Å². The molecule has 1 saturated carbocycles. The predicted octanol–water partition coefficient (Wildman–Crippen LogP) is 0.391. The van der Waals surface area contributed by atoms with Crippen molar-refractivity contribution in [3.8, 4) is 0 Å². The summed E-state index contributed by atoms with van der Waals surface area (Å²) in [6.45, 7) is 1.99. The van der Waals surface area contributed by atoms with Crippen LogP contribution in [0.2, 0.25) is 0 Å². The van der Waals surface area contributed by atoms with Gasteiger partial charge in [0.15, 0.2) is 0 Å². The number of nitrogens with two attached hydrogens (primary N) is 1. The van der Waals surface area contributed by atoms with E-state index in [9.17, 15) is 9.90 Å². The van der Waals surface area contributed by atoms with Gasteiger partial charge in [-0.25, -0.2) is 0 Å². The van der Waals surface area contributed by atoms with E-state index in [-0.39, 0.29) is 30.5 Å². The number of hydrogen-bond acceptors (Lipinski definition) is 3. The Balaban J connectivity index is 2.37. The van der Waals surface area contributed by atoms with E-state index in [0.717, 1.165) is 25.7 Å². The molecule has 1 rings (SSSR count). The van der Waals surface area contributed by atoms with Crippen LogP contribution in [-0.2, 0) is 4.79 Å². The van der Waals surface area contributed by atoms with Gasteiger partial charge in [-0.05, 0) is 19.8 Å². The molecule has 3 unspecified atom stereocenters. The monoisotopic (exact) mass is 214 g/mol. The number of carbonyl (C=O) groups excluding carboxylic acids is 1. The maximum atomic E-state index is 11.5. The lowest BCUT2D eigenvalue weighted by Crippen LogP contribution is -2.44. The smallest absolute Gasteiger partial charge is 0.221 e. The van der Waals surface area contributed by atoms with Crippen molar-refractivity contribution in [3.63, 3.8) is 0 Å². The Bertz CT molecular complexity index is 207. The fraction of sp³-hybridized carbons (Fsp3) is 0.909. The zero-order valence-corrected chi connectivity index (χ0v) is 9.41. The summed E-state index contributed by atoms with van der Waals surface area (Å²) < 4.78 is 0. The van der Waals surface area contributed by atoms with Crippen molar-refractivity contribution in [2.75, 3.05) is 6.61 Å².